The second kappa shape index (κ2) is 5.01. The van der Waals surface area contributed by atoms with Crippen LogP contribution >= 0.6 is 0 Å². The van der Waals surface area contributed by atoms with Gasteiger partial charge in [0.15, 0.2) is 6.73 Å². The fraction of sp³-hybridized carbons (Fsp3) is 0.462. The van der Waals surface area contributed by atoms with Crippen LogP contribution in [0.1, 0.15) is 24.5 Å². The van der Waals surface area contributed by atoms with Gasteiger partial charge in [-0.2, -0.15) is 0 Å². The summed E-state index contributed by atoms with van der Waals surface area (Å²) in [6, 6.07) is 6.20. The lowest BCUT2D eigenvalue weighted by molar-refractivity contribution is -0.110. The molecule has 86 valence electrons. The van der Waals surface area contributed by atoms with Gasteiger partial charge in [-0.05, 0) is 48.4 Å². The molecule has 16 heavy (non-hydrogen) atoms. The Kier molecular flexibility index (Phi) is 3.44. The van der Waals surface area contributed by atoms with E-state index in [1.165, 1.54) is 24.0 Å². The molecule has 0 heterocycles. The van der Waals surface area contributed by atoms with Gasteiger partial charge in [-0.15, -0.1) is 0 Å². The summed E-state index contributed by atoms with van der Waals surface area (Å²) in [6.07, 6.45) is 4.22. The molecule has 3 heteroatoms. The average Bonchev–Trinajstić information content (AvgIpc) is 2.29. The first-order valence-corrected chi connectivity index (χ1v) is 5.71. The standard InChI is InChI=1S/C13H17NO2/c1-10-2-3-11-4-5-13(7-12(11)6-10)16-9-14-8-15/h4-5,7-8,10H,2-3,6,9H2,1H3,(H,14,15). The number of nitrogens with one attached hydrogen (secondary N) is 1. The molecule has 2 rings (SSSR count). The number of benzene rings is 1. The third-order valence-corrected chi connectivity index (χ3v) is 3.06. The van der Waals surface area contributed by atoms with Crippen LogP contribution in [0.4, 0.5) is 0 Å². The van der Waals surface area contributed by atoms with Crippen LogP contribution in [0.2, 0.25) is 0 Å². The predicted molar refractivity (Wildman–Crippen MR) is 62.3 cm³/mol. The maximum atomic E-state index is 10.1. The quantitative estimate of drug-likeness (QED) is 0.477. The van der Waals surface area contributed by atoms with Crippen molar-refractivity contribution in [2.75, 3.05) is 6.73 Å². The van der Waals surface area contributed by atoms with Crippen molar-refractivity contribution in [3.05, 3.63) is 29.3 Å². The van der Waals surface area contributed by atoms with E-state index in [-0.39, 0.29) is 6.73 Å². The SMILES string of the molecule is CC1CCc2ccc(OCNC=O)cc2C1. The third-order valence-electron chi connectivity index (χ3n) is 3.06. The van der Waals surface area contributed by atoms with Gasteiger partial charge in [0.05, 0.1) is 0 Å². The molecule has 1 aliphatic rings. The van der Waals surface area contributed by atoms with Gasteiger partial charge in [-0.1, -0.05) is 13.0 Å². The molecule has 0 radical (unpaired) electrons. The maximum absolute atomic E-state index is 10.1. The van der Waals surface area contributed by atoms with E-state index in [1.807, 2.05) is 6.07 Å². The van der Waals surface area contributed by atoms with Gasteiger partial charge in [0.2, 0.25) is 6.41 Å². The van der Waals surface area contributed by atoms with Gasteiger partial charge in [0, 0.05) is 0 Å². The summed E-state index contributed by atoms with van der Waals surface area (Å²) < 4.78 is 5.41. The zero-order valence-electron chi connectivity index (χ0n) is 9.53. The van der Waals surface area contributed by atoms with Crippen molar-refractivity contribution in [2.24, 2.45) is 5.92 Å². The Balaban J connectivity index is 2.05. The summed E-state index contributed by atoms with van der Waals surface area (Å²) in [6.45, 7) is 2.52. The number of hydrogen-bond donors (Lipinski definition) is 1. The monoisotopic (exact) mass is 219 g/mol. The van der Waals surface area contributed by atoms with Crippen LogP contribution in [0.25, 0.3) is 0 Å². The Hall–Kier alpha value is -1.51. The lowest BCUT2D eigenvalue weighted by Gasteiger charge is -2.21. The molecule has 0 aromatic heterocycles. The molecule has 1 aromatic rings. The van der Waals surface area contributed by atoms with Crippen molar-refractivity contribution in [3.8, 4) is 5.75 Å². The van der Waals surface area contributed by atoms with Crippen LogP contribution in [-0.4, -0.2) is 13.1 Å². The number of carbonyl (C=O) groups is 1. The summed E-state index contributed by atoms with van der Waals surface area (Å²) in [5.74, 6) is 1.60. The average molecular weight is 219 g/mol. The third kappa shape index (κ3) is 2.54. The molecular weight excluding hydrogens is 202 g/mol. The first kappa shape index (κ1) is 11.0. The Morgan fingerprint density at radius 1 is 1.50 bits per heavy atom. The van der Waals surface area contributed by atoms with Crippen LogP contribution in [0.5, 0.6) is 5.75 Å². The maximum Gasteiger partial charge on any atom is 0.209 e. The summed E-state index contributed by atoms with van der Waals surface area (Å²) in [4.78, 5) is 10.1. The van der Waals surface area contributed by atoms with Gasteiger partial charge in [0.25, 0.3) is 0 Å². The lowest BCUT2D eigenvalue weighted by Crippen LogP contribution is -2.18. The molecule has 1 N–H and O–H groups in total. The summed E-state index contributed by atoms with van der Waals surface area (Å²) in [7, 11) is 0. The second-order valence-electron chi connectivity index (χ2n) is 4.39. The number of hydrogen-bond acceptors (Lipinski definition) is 2. The van der Waals surface area contributed by atoms with Crippen molar-refractivity contribution in [3.63, 3.8) is 0 Å². The molecule has 3 nitrogen and oxygen atoms in total. The van der Waals surface area contributed by atoms with Crippen LogP contribution in [0.15, 0.2) is 18.2 Å². The second-order valence-corrected chi connectivity index (χ2v) is 4.39. The van der Waals surface area contributed by atoms with E-state index in [1.54, 1.807) is 0 Å². The van der Waals surface area contributed by atoms with Crippen molar-refractivity contribution in [2.45, 2.75) is 26.2 Å². The van der Waals surface area contributed by atoms with Crippen molar-refractivity contribution < 1.29 is 9.53 Å². The van der Waals surface area contributed by atoms with E-state index in [0.29, 0.717) is 6.41 Å². The summed E-state index contributed by atoms with van der Waals surface area (Å²) >= 11 is 0. The largest absolute Gasteiger partial charge is 0.473 e. The topological polar surface area (TPSA) is 38.3 Å². The molecule has 1 amide bonds. The number of ether oxygens (including phenoxy) is 1. The van der Waals surface area contributed by atoms with Gasteiger partial charge >= 0.3 is 0 Å². The minimum absolute atomic E-state index is 0.234. The highest BCUT2D eigenvalue weighted by Gasteiger charge is 2.15. The highest BCUT2D eigenvalue weighted by molar-refractivity contribution is 5.45. The molecule has 0 saturated heterocycles. The minimum Gasteiger partial charge on any atom is -0.473 e. The molecule has 0 saturated carbocycles. The van der Waals surface area contributed by atoms with E-state index in [9.17, 15) is 4.79 Å². The van der Waals surface area contributed by atoms with E-state index in [4.69, 9.17) is 4.74 Å². The first-order chi connectivity index (χ1) is 7.79. The summed E-state index contributed by atoms with van der Waals surface area (Å²) in [5, 5.41) is 2.48. The van der Waals surface area contributed by atoms with Gasteiger partial charge < -0.3 is 10.1 Å². The fourth-order valence-corrected chi connectivity index (χ4v) is 2.16. The fourth-order valence-electron chi connectivity index (χ4n) is 2.16. The molecule has 1 aromatic carbocycles. The Bertz CT molecular complexity index is 376. The molecule has 1 atom stereocenters. The smallest absolute Gasteiger partial charge is 0.209 e. The number of amides is 1. The summed E-state index contributed by atoms with van der Waals surface area (Å²) in [5.41, 5.74) is 2.83. The van der Waals surface area contributed by atoms with Crippen LogP contribution in [0.3, 0.4) is 0 Å². The highest BCUT2D eigenvalue weighted by Crippen LogP contribution is 2.28. The normalized spacial score (nSPS) is 18.7. The highest BCUT2D eigenvalue weighted by atomic mass is 16.5. The van der Waals surface area contributed by atoms with E-state index in [2.05, 4.69) is 24.4 Å². The number of fused-ring (bicyclic) bond motifs is 1. The van der Waals surface area contributed by atoms with E-state index >= 15 is 0 Å². The van der Waals surface area contributed by atoms with Crippen molar-refractivity contribution >= 4 is 6.41 Å². The molecular formula is C13H17NO2. The number of carbonyl (C=O) groups excluding carboxylic acids is 1. The minimum atomic E-state index is 0.234. The van der Waals surface area contributed by atoms with Crippen LogP contribution in [-0.2, 0) is 17.6 Å². The van der Waals surface area contributed by atoms with Gasteiger partial charge in [0.1, 0.15) is 5.75 Å². The molecule has 1 aliphatic carbocycles. The molecule has 0 bridgehead atoms. The van der Waals surface area contributed by atoms with Crippen LogP contribution < -0.4 is 10.1 Å². The molecule has 0 aliphatic heterocycles. The van der Waals surface area contributed by atoms with Gasteiger partial charge in [-0.25, -0.2) is 0 Å². The molecule has 0 spiro atoms. The Morgan fingerprint density at radius 2 is 2.38 bits per heavy atom. The Morgan fingerprint density at radius 3 is 3.19 bits per heavy atom. The number of aryl methyl sites for hydroxylation is 1. The lowest BCUT2D eigenvalue weighted by atomic mass is 9.85. The van der Waals surface area contributed by atoms with Crippen LogP contribution in [0, 0.1) is 5.92 Å². The Labute approximate surface area is 95.8 Å². The van der Waals surface area contributed by atoms with E-state index in [0.717, 1.165) is 18.1 Å². The zero-order valence-corrected chi connectivity index (χ0v) is 9.53. The van der Waals surface area contributed by atoms with E-state index < -0.39 is 0 Å². The van der Waals surface area contributed by atoms with Gasteiger partial charge in [-0.3, -0.25) is 4.79 Å². The van der Waals surface area contributed by atoms with Crippen molar-refractivity contribution in [1.29, 1.82) is 0 Å². The first-order valence-electron chi connectivity index (χ1n) is 5.71. The number of rotatable bonds is 4. The zero-order chi connectivity index (χ0) is 11.4. The van der Waals surface area contributed by atoms with Crippen molar-refractivity contribution in [1.82, 2.24) is 5.32 Å². The molecule has 0 fully saturated rings. The predicted octanol–water partition coefficient (Wildman–Crippen LogP) is 1.89. The molecule has 1 unspecified atom stereocenters.